The molecule has 2 bridgehead atoms. The monoisotopic (exact) mass is 412 g/mol. The van der Waals surface area contributed by atoms with Crippen LogP contribution in [0, 0.1) is 23.7 Å². The molecule has 1 saturated heterocycles. The number of hydrogen-bond donors (Lipinski definition) is 1. The van der Waals surface area contributed by atoms with Crippen LogP contribution in [0.3, 0.4) is 0 Å². The van der Waals surface area contributed by atoms with E-state index >= 15 is 0 Å². The van der Waals surface area contributed by atoms with Crippen LogP contribution in [0.25, 0.3) is 0 Å². The summed E-state index contributed by atoms with van der Waals surface area (Å²) in [5, 5.41) is 2.57. The van der Waals surface area contributed by atoms with Crippen LogP contribution >= 0.6 is 0 Å². The number of ether oxygens (including phenoxy) is 1. The first-order valence-electron chi connectivity index (χ1n) is 10.2. The van der Waals surface area contributed by atoms with E-state index in [1.807, 2.05) is 0 Å². The van der Waals surface area contributed by atoms with Crippen LogP contribution in [-0.2, 0) is 23.9 Å². The molecule has 3 fully saturated rings. The van der Waals surface area contributed by atoms with E-state index in [1.54, 1.807) is 24.3 Å². The summed E-state index contributed by atoms with van der Waals surface area (Å²) < 4.78 is 5.05. The Morgan fingerprint density at radius 1 is 1.07 bits per heavy atom. The zero-order valence-electron chi connectivity index (χ0n) is 16.9. The number of rotatable bonds is 6. The van der Waals surface area contributed by atoms with Crippen LogP contribution in [0.15, 0.2) is 24.3 Å². The van der Waals surface area contributed by atoms with Crippen molar-refractivity contribution in [2.45, 2.75) is 39.2 Å². The maximum atomic E-state index is 12.8. The number of likely N-dealkylation sites (tertiary alicyclic amines) is 1. The second-order valence-electron chi connectivity index (χ2n) is 8.40. The lowest BCUT2D eigenvalue weighted by Crippen LogP contribution is -2.45. The fourth-order valence-electron chi connectivity index (χ4n) is 5.16. The van der Waals surface area contributed by atoms with Gasteiger partial charge in [-0.15, -0.1) is 0 Å². The number of fused-ring (bicyclic) bond motifs is 5. The zero-order valence-corrected chi connectivity index (χ0v) is 16.9. The maximum Gasteiger partial charge on any atom is 0.329 e. The number of anilines is 1. The second kappa shape index (κ2) is 7.66. The molecule has 1 aromatic rings. The Morgan fingerprint density at radius 2 is 1.63 bits per heavy atom. The van der Waals surface area contributed by atoms with Gasteiger partial charge in [-0.2, -0.15) is 0 Å². The van der Waals surface area contributed by atoms with Crippen molar-refractivity contribution >= 4 is 35.2 Å². The van der Waals surface area contributed by atoms with E-state index in [-0.39, 0.29) is 41.3 Å². The summed E-state index contributed by atoms with van der Waals surface area (Å²) in [7, 11) is 0. The van der Waals surface area contributed by atoms with Crippen molar-refractivity contribution in [3.05, 3.63) is 29.8 Å². The van der Waals surface area contributed by atoms with Gasteiger partial charge in [-0.3, -0.25) is 24.1 Å². The highest BCUT2D eigenvalue weighted by Gasteiger charge is 2.62. The number of nitrogens with one attached hydrogen (secondary N) is 1. The number of amides is 3. The standard InChI is InChI=1S/C22H24N2O6/c1-11(24-20(27)18-14-3-4-15(9-14)19(18)21(24)28)22(29)30-10-17(26)23-16-7-5-13(6-8-16)12(2)25/h5-8,11,14-15,18-19H,3-4,9-10H2,1-2H3,(H,23,26)/t11-,14+,15+,18+,19+/m1/s1. The predicted molar refractivity (Wildman–Crippen MR) is 105 cm³/mol. The number of hydrogen-bond acceptors (Lipinski definition) is 6. The number of benzene rings is 1. The van der Waals surface area contributed by atoms with Gasteiger partial charge in [-0.25, -0.2) is 4.79 Å². The van der Waals surface area contributed by atoms with Crippen LogP contribution in [0.2, 0.25) is 0 Å². The number of carbonyl (C=O) groups excluding carboxylic acids is 5. The number of Topliss-reactive ketones (excluding diaryl/α,β-unsaturated/α-hetero) is 1. The molecule has 2 saturated carbocycles. The lowest BCUT2D eigenvalue weighted by Gasteiger charge is -2.23. The average Bonchev–Trinajstić information content (AvgIpc) is 3.40. The molecule has 1 aliphatic heterocycles. The van der Waals surface area contributed by atoms with Gasteiger partial charge in [-0.05, 0) is 69.2 Å². The summed E-state index contributed by atoms with van der Waals surface area (Å²) in [5.41, 5.74) is 0.980. The molecule has 8 heteroatoms. The van der Waals surface area contributed by atoms with Crippen LogP contribution in [-0.4, -0.2) is 47.0 Å². The molecule has 0 spiro atoms. The number of imide groups is 1. The number of ketones is 1. The smallest absolute Gasteiger partial charge is 0.329 e. The highest BCUT2D eigenvalue weighted by atomic mass is 16.5. The van der Waals surface area contributed by atoms with Gasteiger partial charge < -0.3 is 10.1 Å². The molecule has 1 aromatic carbocycles. The van der Waals surface area contributed by atoms with Gasteiger partial charge in [0, 0.05) is 11.3 Å². The van der Waals surface area contributed by atoms with E-state index in [0.29, 0.717) is 11.3 Å². The van der Waals surface area contributed by atoms with Crippen molar-refractivity contribution in [1.29, 1.82) is 0 Å². The van der Waals surface area contributed by atoms with Gasteiger partial charge in [-0.1, -0.05) is 0 Å². The average molecular weight is 412 g/mol. The first-order valence-corrected chi connectivity index (χ1v) is 10.2. The minimum absolute atomic E-state index is 0.0843. The van der Waals surface area contributed by atoms with Crippen molar-refractivity contribution < 1.29 is 28.7 Å². The van der Waals surface area contributed by atoms with Gasteiger partial charge in [0.1, 0.15) is 6.04 Å². The third-order valence-electron chi connectivity index (χ3n) is 6.61. The first kappa shape index (κ1) is 20.3. The molecule has 1 N–H and O–H groups in total. The predicted octanol–water partition coefficient (Wildman–Crippen LogP) is 1.79. The van der Waals surface area contributed by atoms with Crippen molar-refractivity contribution in [2.75, 3.05) is 11.9 Å². The fourth-order valence-corrected chi connectivity index (χ4v) is 5.16. The van der Waals surface area contributed by atoms with E-state index in [2.05, 4.69) is 5.32 Å². The van der Waals surface area contributed by atoms with Gasteiger partial charge in [0.25, 0.3) is 5.91 Å². The van der Waals surface area contributed by atoms with E-state index in [0.717, 1.165) is 24.2 Å². The van der Waals surface area contributed by atoms with Crippen LogP contribution in [0.4, 0.5) is 5.69 Å². The van der Waals surface area contributed by atoms with Gasteiger partial charge in [0.05, 0.1) is 11.8 Å². The van der Waals surface area contributed by atoms with Gasteiger partial charge >= 0.3 is 5.97 Å². The van der Waals surface area contributed by atoms with Crippen LogP contribution in [0.5, 0.6) is 0 Å². The van der Waals surface area contributed by atoms with Gasteiger partial charge in [0.15, 0.2) is 12.4 Å². The molecule has 3 aliphatic rings. The third-order valence-corrected chi connectivity index (χ3v) is 6.61. The van der Waals surface area contributed by atoms with Crippen molar-refractivity contribution in [3.63, 3.8) is 0 Å². The van der Waals surface area contributed by atoms with Crippen LogP contribution < -0.4 is 5.32 Å². The van der Waals surface area contributed by atoms with Crippen molar-refractivity contribution in [1.82, 2.24) is 4.90 Å². The maximum absolute atomic E-state index is 12.8. The summed E-state index contributed by atoms with van der Waals surface area (Å²) in [4.78, 5) is 62.4. The molecule has 8 nitrogen and oxygen atoms in total. The molecule has 30 heavy (non-hydrogen) atoms. The molecule has 4 rings (SSSR count). The molecule has 158 valence electrons. The number of nitrogens with zero attached hydrogens (tertiary/aromatic N) is 1. The minimum Gasteiger partial charge on any atom is -0.454 e. The van der Waals surface area contributed by atoms with Crippen LogP contribution in [0.1, 0.15) is 43.5 Å². The summed E-state index contributed by atoms with van der Waals surface area (Å²) >= 11 is 0. The Kier molecular flexibility index (Phi) is 5.17. The minimum atomic E-state index is -1.06. The quantitative estimate of drug-likeness (QED) is 0.433. The topological polar surface area (TPSA) is 110 Å². The summed E-state index contributed by atoms with van der Waals surface area (Å²) in [5.74, 6) is -2.10. The lowest BCUT2D eigenvalue weighted by atomic mass is 9.81. The van der Waals surface area contributed by atoms with E-state index in [9.17, 15) is 24.0 Å². The van der Waals surface area contributed by atoms with E-state index in [4.69, 9.17) is 4.74 Å². The molecule has 3 amide bonds. The fraction of sp³-hybridized carbons (Fsp3) is 0.500. The third kappa shape index (κ3) is 3.40. The molecule has 0 unspecified atom stereocenters. The molecular weight excluding hydrogens is 388 g/mol. The lowest BCUT2D eigenvalue weighted by molar-refractivity contribution is -0.159. The van der Waals surface area contributed by atoms with Crippen molar-refractivity contribution in [2.24, 2.45) is 23.7 Å². The Hall–Kier alpha value is -3.03. The molecule has 0 radical (unpaired) electrons. The van der Waals surface area contributed by atoms with Gasteiger partial charge in [0.2, 0.25) is 11.8 Å². The Labute approximate surface area is 173 Å². The highest BCUT2D eigenvalue weighted by Crippen LogP contribution is 2.56. The number of esters is 1. The molecule has 5 atom stereocenters. The molecular formula is C22H24N2O6. The van der Waals surface area contributed by atoms with E-state index < -0.39 is 24.5 Å². The molecule has 0 aromatic heterocycles. The zero-order chi connectivity index (χ0) is 21.6. The largest absolute Gasteiger partial charge is 0.454 e. The van der Waals surface area contributed by atoms with E-state index in [1.165, 1.54) is 13.8 Å². The summed E-state index contributed by atoms with van der Waals surface area (Å²) in [6, 6.07) is 5.26. The second-order valence-corrected chi connectivity index (χ2v) is 8.40. The Bertz CT molecular complexity index is 896. The molecule has 2 aliphatic carbocycles. The Balaban J connectivity index is 1.31. The first-order chi connectivity index (χ1) is 14.3. The highest BCUT2D eigenvalue weighted by molar-refractivity contribution is 6.08. The summed E-state index contributed by atoms with van der Waals surface area (Å²) in [6.45, 7) is 2.37. The molecule has 1 heterocycles. The van der Waals surface area contributed by atoms with Crippen molar-refractivity contribution in [3.8, 4) is 0 Å². The SMILES string of the molecule is CC(=O)c1ccc(NC(=O)COC(=O)[C@@H](C)N2C(=O)[C@H]3[C@H]4CC[C@@H](C4)[C@@H]3C2=O)cc1. The summed E-state index contributed by atoms with van der Waals surface area (Å²) in [6.07, 6.45) is 2.85. The normalized spacial score (nSPS) is 27.7. The number of carbonyl (C=O) groups is 5. The Morgan fingerprint density at radius 3 is 2.17 bits per heavy atom.